The summed E-state index contributed by atoms with van der Waals surface area (Å²) in [5, 5.41) is 0. The summed E-state index contributed by atoms with van der Waals surface area (Å²) in [5.41, 5.74) is 1.05. The molecule has 0 N–H and O–H groups in total. The summed E-state index contributed by atoms with van der Waals surface area (Å²) in [4.78, 5) is 16.8. The standard InChI is InChI=1S/C17H26N2O2/c1-4-14(2)18-9-11-19(12-10-18)17(20)13-15-5-7-16(21-3)8-6-15/h5-8,14H,4,9-13H2,1-3H3. The molecule has 1 unspecified atom stereocenters. The first-order valence-electron chi connectivity index (χ1n) is 7.78. The molecule has 1 aliphatic rings. The molecule has 21 heavy (non-hydrogen) atoms. The van der Waals surface area contributed by atoms with E-state index in [0.717, 1.165) is 37.5 Å². The van der Waals surface area contributed by atoms with Crippen LogP contribution in [0.3, 0.4) is 0 Å². The maximum Gasteiger partial charge on any atom is 0.227 e. The van der Waals surface area contributed by atoms with E-state index in [-0.39, 0.29) is 5.91 Å². The van der Waals surface area contributed by atoms with Crippen molar-refractivity contribution in [2.24, 2.45) is 0 Å². The molecule has 1 heterocycles. The molecule has 1 aromatic carbocycles. The normalized spacial score (nSPS) is 17.6. The van der Waals surface area contributed by atoms with Gasteiger partial charge in [0, 0.05) is 32.2 Å². The van der Waals surface area contributed by atoms with Crippen LogP contribution in [0.15, 0.2) is 24.3 Å². The number of methoxy groups -OCH3 is 1. The molecule has 0 spiro atoms. The topological polar surface area (TPSA) is 32.8 Å². The molecule has 0 saturated carbocycles. The zero-order valence-corrected chi connectivity index (χ0v) is 13.3. The maximum absolute atomic E-state index is 12.3. The van der Waals surface area contributed by atoms with Crippen LogP contribution in [0, 0.1) is 0 Å². The van der Waals surface area contributed by atoms with Crippen LogP contribution >= 0.6 is 0 Å². The zero-order valence-electron chi connectivity index (χ0n) is 13.3. The predicted octanol–water partition coefficient (Wildman–Crippen LogP) is 2.18. The molecule has 4 nitrogen and oxygen atoms in total. The van der Waals surface area contributed by atoms with Crippen LogP contribution in [0.5, 0.6) is 5.75 Å². The van der Waals surface area contributed by atoms with Crippen molar-refractivity contribution in [3.05, 3.63) is 29.8 Å². The Kier molecular flexibility index (Phi) is 5.62. The van der Waals surface area contributed by atoms with Gasteiger partial charge in [-0.3, -0.25) is 9.69 Å². The number of hydrogen-bond acceptors (Lipinski definition) is 3. The van der Waals surface area contributed by atoms with E-state index in [9.17, 15) is 4.79 Å². The number of nitrogens with zero attached hydrogens (tertiary/aromatic N) is 2. The van der Waals surface area contributed by atoms with Crippen molar-refractivity contribution in [2.45, 2.75) is 32.7 Å². The van der Waals surface area contributed by atoms with E-state index in [4.69, 9.17) is 4.74 Å². The number of carbonyl (C=O) groups is 1. The summed E-state index contributed by atoms with van der Waals surface area (Å²) in [6.07, 6.45) is 1.65. The van der Waals surface area contributed by atoms with Crippen molar-refractivity contribution < 1.29 is 9.53 Å². The van der Waals surface area contributed by atoms with Crippen molar-refractivity contribution in [1.29, 1.82) is 0 Å². The summed E-state index contributed by atoms with van der Waals surface area (Å²) in [5.74, 6) is 1.05. The van der Waals surface area contributed by atoms with E-state index in [0.29, 0.717) is 12.5 Å². The second-order valence-electron chi connectivity index (χ2n) is 5.70. The molecule has 0 aliphatic carbocycles. The van der Waals surface area contributed by atoms with E-state index in [2.05, 4.69) is 18.7 Å². The third-order valence-corrected chi connectivity index (χ3v) is 4.40. The highest BCUT2D eigenvalue weighted by Crippen LogP contribution is 2.14. The molecule has 2 rings (SSSR count). The van der Waals surface area contributed by atoms with Crippen LogP contribution in [0.2, 0.25) is 0 Å². The Morgan fingerprint density at radius 1 is 1.19 bits per heavy atom. The average Bonchev–Trinajstić information content (AvgIpc) is 2.55. The molecule has 1 atom stereocenters. The van der Waals surface area contributed by atoms with Gasteiger partial charge in [-0.2, -0.15) is 0 Å². The second-order valence-corrected chi connectivity index (χ2v) is 5.70. The molecule has 1 aliphatic heterocycles. The van der Waals surface area contributed by atoms with Crippen LogP contribution in [-0.4, -0.2) is 55.0 Å². The quantitative estimate of drug-likeness (QED) is 0.833. The minimum atomic E-state index is 0.226. The molecule has 1 fully saturated rings. The van der Waals surface area contributed by atoms with Crippen LogP contribution in [0.4, 0.5) is 0 Å². The fourth-order valence-electron chi connectivity index (χ4n) is 2.70. The Morgan fingerprint density at radius 2 is 1.81 bits per heavy atom. The van der Waals surface area contributed by atoms with Crippen molar-refractivity contribution in [3.8, 4) is 5.75 Å². The highest BCUT2D eigenvalue weighted by molar-refractivity contribution is 5.78. The first-order valence-corrected chi connectivity index (χ1v) is 7.78. The third-order valence-electron chi connectivity index (χ3n) is 4.40. The van der Waals surface area contributed by atoms with Crippen LogP contribution < -0.4 is 4.74 Å². The molecule has 116 valence electrons. The van der Waals surface area contributed by atoms with Crippen molar-refractivity contribution in [2.75, 3.05) is 33.3 Å². The molecular formula is C17H26N2O2. The fraction of sp³-hybridized carbons (Fsp3) is 0.588. The smallest absolute Gasteiger partial charge is 0.227 e. The minimum Gasteiger partial charge on any atom is -0.497 e. The Labute approximate surface area is 127 Å². The Bertz CT molecular complexity index is 450. The highest BCUT2D eigenvalue weighted by atomic mass is 16.5. The highest BCUT2D eigenvalue weighted by Gasteiger charge is 2.23. The van der Waals surface area contributed by atoms with Gasteiger partial charge in [-0.1, -0.05) is 19.1 Å². The summed E-state index contributed by atoms with van der Waals surface area (Å²) >= 11 is 0. The van der Waals surface area contributed by atoms with Crippen molar-refractivity contribution >= 4 is 5.91 Å². The van der Waals surface area contributed by atoms with E-state index < -0.39 is 0 Å². The number of amides is 1. The number of carbonyl (C=O) groups excluding carboxylic acids is 1. The second kappa shape index (κ2) is 7.46. The lowest BCUT2D eigenvalue weighted by molar-refractivity contribution is -0.132. The van der Waals surface area contributed by atoms with Crippen molar-refractivity contribution in [3.63, 3.8) is 0 Å². The Hall–Kier alpha value is -1.55. The first-order chi connectivity index (χ1) is 10.1. The summed E-state index contributed by atoms with van der Waals surface area (Å²) < 4.78 is 5.13. The van der Waals surface area contributed by atoms with Gasteiger partial charge in [-0.25, -0.2) is 0 Å². The fourth-order valence-corrected chi connectivity index (χ4v) is 2.70. The summed E-state index contributed by atoms with van der Waals surface area (Å²) in [6.45, 7) is 8.14. The largest absolute Gasteiger partial charge is 0.497 e. The molecule has 4 heteroatoms. The van der Waals surface area contributed by atoms with Gasteiger partial charge in [-0.15, -0.1) is 0 Å². The summed E-state index contributed by atoms with van der Waals surface area (Å²) in [6, 6.07) is 8.36. The third kappa shape index (κ3) is 4.21. The van der Waals surface area contributed by atoms with Gasteiger partial charge in [0.05, 0.1) is 13.5 Å². The van der Waals surface area contributed by atoms with E-state index >= 15 is 0 Å². The number of rotatable bonds is 5. The number of hydrogen-bond donors (Lipinski definition) is 0. The average molecular weight is 290 g/mol. The lowest BCUT2D eigenvalue weighted by Crippen LogP contribution is -2.51. The van der Waals surface area contributed by atoms with Gasteiger partial charge in [-0.05, 0) is 31.0 Å². The van der Waals surface area contributed by atoms with E-state index in [1.807, 2.05) is 29.2 Å². The first kappa shape index (κ1) is 15.8. The number of ether oxygens (including phenoxy) is 1. The molecule has 1 saturated heterocycles. The Morgan fingerprint density at radius 3 is 2.33 bits per heavy atom. The molecule has 0 radical (unpaired) electrons. The van der Waals surface area contributed by atoms with E-state index in [1.165, 1.54) is 6.42 Å². The molecule has 1 aromatic rings. The van der Waals surface area contributed by atoms with Gasteiger partial charge in [0.15, 0.2) is 0 Å². The van der Waals surface area contributed by atoms with Crippen LogP contribution in [-0.2, 0) is 11.2 Å². The number of piperazine rings is 1. The lowest BCUT2D eigenvalue weighted by Gasteiger charge is -2.37. The molecule has 0 aromatic heterocycles. The van der Waals surface area contributed by atoms with Gasteiger partial charge in [0.25, 0.3) is 0 Å². The predicted molar refractivity (Wildman–Crippen MR) is 84.6 cm³/mol. The number of benzene rings is 1. The SMILES string of the molecule is CCC(C)N1CCN(C(=O)Cc2ccc(OC)cc2)CC1. The monoisotopic (exact) mass is 290 g/mol. The van der Waals surface area contributed by atoms with Gasteiger partial charge in [0.2, 0.25) is 5.91 Å². The summed E-state index contributed by atoms with van der Waals surface area (Å²) in [7, 11) is 1.65. The van der Waals surface area contributed by atoms with Crippen molar-refractivity contribution in [1.82, 2.24) is 9.80 Å². The minimum absolute atomic E-state index is 0.226. The lowest BCUT2D eigenvalue weighted by atomic mass is 10.1. The van der Waals surface area contributed by atoms with Crippen LogP contribution in [0.25, 0.3) is 0 Å². The molecule has 1 amide bonds. The van der Waals surface area contributed by atoms with Crippen LogP contribution in [0.1, 0.15) is 25.8 Å². The zero-order chi connectivity index (χ0) is 15.2. The maximum atomic E-state index is 12.3. The van der Waals surface area contributed by atoms with Gasteiger partial charge >= 0.3 is 0 Å². The molecule has 0 bridgehead atoms. The van der Waals surface area contributed by atoms with E-state index in [1.54, 1.807) is 7.11 Å². The molecular weight excluding hydrogens is 264 g/mol. The Balaban J connectivity index is 1.84. The van der Waals surface area contributed by atoms with Gasteiger partial charge < -0.3 is 9.64 Å². The van der Waals surface area contributed by atoms with Gasteiger partial charge in [0.1, 0.15) is 5.75 Å².